The van der Waals surface area contributed by atoms with Gasteiger partial charge in [-0.3, -0.25) is 9.59 Å². The fourth-order valence-electron chi connectivity index (χ4n) is 2.85. The second kappa shape index (κ2) is 8.88. The number of amides is 2. The Bertz CT molecular complexity index is 1220. The Hall–Kier alpha value is -3.85. The number of nitrogens with zero attached hydrogens (tertiary/aromatic N) is 3. The summed E-state index contributed by atoms with van der Waals surface area (Å²) in [5.74, 6) is -0.539. The summed E-state index contributed by atoms with van der Waals surface area (Å²) in [5.41, 5.74) is 1.66. The van der Waals surface area contributed by atoms with Crippen molar-refractivity contribution in [2.24, 2.45) is 0 Å². The predicted octanol–water partition coefficient (Wildman–Crippen LogP) is 4.74. The lowest BCUT2D eigenvalue weighted by molar-refractivity contribution is -0.115. The Balaban J connectivity index is 1.63. The van der Waals surface area contributed by atoms with Crippen molar-refractivity contribution in [3.05, 3.63) is 77.7 Å². The van der Waals surface area contributed by atoms with E-state index in [-0.39, 0.29) is 17.5 Å². The van der Waals surface area contributed by atoms with Crippen LogP contribution in [0.3, 0.4) is 0 Å². The predicted molar refractivity (Wildman–Crippen MR) is 118 cm³/mol. The van der Waals surface area contributed by atoms with E-state index < -0.39 is 5.91 Å². The van der Waals surface area contributed by atoms with E-state index in [2.05, 4.69) is 20.7 Å². The molecule has 156 valence electrons. The first kappa shape index (κ1) is 20.4. The number of nitrogens with one attached hydrogen (secondary N) is 2. The van der Waals surface area contributed by atoms with E-state index in [4.69, 9.17) is 0 Å². The standard InChI is InChI=1S/C22H18FN5O2S/c1-2-19(29)24-15-5-3-6-16(13-15)25-22(30)20-26-21(18-7-4-12-31-18)28(27-20)17-10-8-14(23)9-11-17/h3-13H,2H2,1H3,(H,24,29)(H,25,30). The lowest BCUT2D eigenvalue weighted by Gasteiger charge is -2.07. The molecule has 31 heavy (non-hydrogen) atoms. The molecule has 7 nitrogen and oxygen atoms in total. The molecule has 0 fully saturated rings. The molecule has 2 amide bonds. The Morgan fingerprint density at radius 3 is 2.45 bits per heavy atom. The number of benzene rings is 2. The summed E-state index contributed by atoms with van der Waals surface area (Å²) >= 11 is 1.46. The van der Waals surface area contributed by atoms with Crippen LogP contribution in [0.15, 0.2) is 66.0 Å². The van der Waals surface area contributed by atoms with Crippen LogP contribution in [-0.2, 0) is 4.79 Å². The van der Waals surface area contributed by atoms with Crippen molar-refractivity contribution in [3.63, 3.8) is 0 Å². The molecule has 0 aliphatic heterocycles. The highest BCUT2D eigenvalue weighted by molar-refractivity contribution is 7.13. The molecule has 0 bridgehead atoms. The molecule has 0 unspecified atom stereocenters. The average Bonchev–Trinajstić information content (AvgIpc) is 3.44. The maximum Gasteiger partial charge on any atom is 0.295 e. The molecule has 0 aliphatic rings. The summed E-state index contributed by atoms with van der Waals surface area (Å²) in [6, 6.07) is 16.4. The Kier molecular flexibility index (Phi) is 5.85. The third-order valence-corrected chi connectivity index (χ3v) is 5.21. The Morgan fingerprint density at radius 2 is 1.77 bits per heavy atom. The molecule has 0 saturated heterocycles. The number of thiophene rings is 1. The van der Waals surface area contributed by atoms with Gasteiger partial charge in [0.05, 0.1) is 10.6 Å². The lowest BCUT2D eigenvalue weighted by Crippen LogP contribution is -2.15. The van der Waals surface area contributed by atoms with Gasteiger partial charge in [-0.05, 0) is 53.9 Å². The molecule has 0 saturated carbocycles. The van der Waals surface area contributed by atoms with Crippen LogP contribution in [0, 0.1) is 5.82 Å². The van der Waals surface area contributed by atoms with Crippen LogP contribution in [-0.4, -0.2) is 26.6 Å². The summed E-state index contributed by atoms with van der Waals surface area (Å²) in [7, 11) is 0. The average molecular weight is 435 g/mol. The first-order chi connectivity index (χ1) is 15.0. The van der Waals surface area contributed by atoms with E-state index >= 15 is 0 Å². The minimum Gasteiger partial charge on any atom is -0.326 e. The van der Waals surface area contributed by atoms with Crippen LogP contribution >= 0.6 is 11.3 Å². The molecule has 2 N–H and O–H groups in total. The van der Waals surface area contributed by atoms with Crippen molar-refractivity contribution in [2.45, 2.75) is 13.3 Å². The highest BCUT2D eigenvalue weighted by Gasteiger charge is 2.19. The van der Waals surface area contributed by atoms with E-state index in [0.29, 0.717) is 29.3 Å². The zero-order valence-corrected chi connectivity index (χ0v) is 17.3. The smallest absolute Gasteiger partial charge is 0.295 e. The Morgan fingerprint density at radius 1 is 1.03 bits per heavy atom. The largest absolute Gasteiger partial charge is 0.326 e. The summed E-state index contributed by atoms with van der Waals surface area (Å²) in [6.07, 6.45) is 0.354. The molecular formula is C22H18FN5O2S. The Labute approximate surface area is 181 Å². The highest BCUT2D eigenvalue weighted by Crippen LogP contribution is 2.26. The molecule has 4 rings (SSSR count). The molecule has 0 radical (unpaired) electrons. The lowest BCUT2D eigenvalue weighted by atomic mass is 10.2. The van der Waals surface area contributed by atoms with Crippen molar-refractivity contribution >= 4 is 34.5 Å². The first-order valence-electron chi connectivity index (χ1n) is 9.51. The number of rotatable bonds is 6. The van der Waals surface area contributed by atoms with Crippen molar-refractivity contribution in [1.82, 2.24) is 14.8 Å². The fraction of sp³-hybridized carbons (Fsp3) is 0.0909. The van der Waals surface area contributed by atoms with E-state index in [1.165, 1.54) is 28.2 Å². The van der Waals surface area contributed by atoms with Crippen LogP contribution < -0.4 is 10.6 Å². The van der Waals surface area contributed by atoms with Crippen molar-refractivity contribution < 1.29 is 14.0 Å². The minimum atomic E-state index is -0.502. The van der Waals surface area contributed by atoms with Gasteiger partial charge in [-0.25, -0.2) is 14.1 Å². The second-order valence-electron chi connectivity index (χ2n) is 6.56. The van der Waals surface area contributed by atoms with Gasteiger partial charge in [-0.15, -0.1) is 16.4 Å². The summed E-state index contributed by atoms with van der Waals surface area (Å²) in [6.45, 7) is 1.76. The van der Waals surface area contributed by atoms with Gasteiger partial charge in [0.25, 0.3) is 5.91 Å². The SMILES string of the molecule is CCC(=O)Nc1cccc(NC(=O)c2nc(-c3cccs3)n(-c3ccc(F)cc3)n2)c1. The molecule has 2 aromatic carbocycles. The van der Waals surface area contributed by atoms with Crippen LogP contribution in [0.5, 0.6) is 0 Å². The number of carbonyl (C=O) groups is 2. The molecule has 0 spiro atoms. The topological polar surface area (TPSA) is 88.9 Å². The number of hydrogen-bond donors (Lipinski definition) is 2. The third kappa shape index (κ3) is 4.67. The summed E-state index contributed by atoms with van der Waals surface area (Å²) in [4.78, 5) is 29.7. The van der Waals surface area contributed by atoms with Gasteiger partial charge in [0, 0.05) is 17.8 Å². The summed E-state index contributed by atoms with van der Waals surface area (Å²) < 4.78 is 14.9. The van der Waals surface area contributed by atoms with Gasteiger partial charge in [-0.1, -0.05) is 19.1 Å². The van der Waals surface area contributed by atoms with E-state index in [1.807, 2.05) is 17.5 Å². The van der Waals surface area contributed by atoms with Crippen LogP contribution in [0.25, 0.3) is 16.4 Å². The number of hydrogen-bond acceptors (Lipinski definition) is 5. The highest BCUT2D eigenvalue weighted by atomic mass is 32.1. The van der Waals surface area contributed by atoms with E-state index in [1.54, 1.807) is 43.3 Å². The van der Waals surface area contributed by atoms with Crippen molar-refractivity contribution in [1.29, 1.82) is 0 Å². The second-order valence-corrected chi connectivity index (χ2v) is 7.51. The number of anilines is 2. The van der Waals surface area contributed by atoms with Gasteiger partial charge < -0.3 is 10.6 Å². The monoisotopic (exact) mass is 435 g/mol. The van der Waals surface area contributed by atoms with Gasteiger partial charge in [0.15, 0.2) is 5.82 Å². The van der Waals surface area contributed by atoms with Gasteiger partial charge in [0.1, 0.15) is 5.82 Å². The first-order valence-corrected chi connectivity index (χ1v) is 10.4. The van der Waals surface area contributed by atoms with Gasteiger partial charge >= 0.3 is 0 Å². The van der Waals surface area contributed by atoms with Crippen LogP contribution in [0.4, 0.5) is 15.8 Å². The summed E-state index contributed by atoms with van der Waals surface area (Å²) in [5, 5.41) is 11.8. The maximum atomic E-state index is 13.4. The molecule has 2 heterocycles. The zero-order chi connectivity index (χ0) is 21.8. The molecule has 2 aromatic heterocycles. The maximum absolute atomic E-state index is 13.4. The molecule has 9 heteroatoms. The van der Waals surface area contributed by atoms with E-state index in [0.717, 1.165) is 4.88 Å². The number of halogens is 1. The fourth-order valence-corrected chi connectivity index (χ4v) is 3.55. The quantitative estimate of drug-likeness (QED) is 0.458. The molecule has 0 atom stereocenters. The molecular weight excluding hydrogens is 417 g/mol. The van der Waals surface area contributed by atoms with Crippen molar-refractivity contribution in [2.75, 3.05) is 10.6 Å². The minimum absolute atomic E-state index is 0.0317. The number of aromatic nitrogens is 3. The van der Waals surface area contributed by atoms with Gasteiger partial charge in [0.2, 0.25) is 11.7 Å². The molecule has 4 aromatic rings. The molecule has 0 aliphatic carbocycles. The van der Waals surface area contributed by atoms with E-state index in [9.17, 15) is 14.0 Å². The zero-order valence-electron chi connectivity index (χ0n) is 16.5. The third-order valence-electron chi connectivity index (χ3n) is 4.35. The van der Waals surface area contributed by atoms with Crippen LogP contribution in [0.1, 0.15) is 24.0 Å². The number of carbonyl (C=O) groups excluding carboxylic acids is 2. The normalized spacial score (nSPS) is 10.6. The van der Waals surface area contributed by atoms with Crippen molar-refractivity contribution in [3.8, 4) is 16.4 Å². The van der Waals surface area contributed by atoms with Gasteiger partial charge in [-0.2, -0.15) is 0 Å². The van der Waals surface area contributed by atoms with Crippen LogP contribution in [0.2, 0.25) is 0 Å².